The van der Waals surface area contributed by atoms with Crippen molar-refractivity contribution in [3.8, 4) is 0 Å². The van der Waals surface area contributed by atoms with Crippen LogP contribution < -0.4 is 12.4 Å². The van der Waals surface area contributed by atoms with Crippen molar-refractivity contribution >= 4 is 23.1 Å². The second kappa shape index (κ2) is 9.39. The summed E-state index contributed by atoms with van der Waals surface area (Å²) in [5, 5.41) is 0. The predicted molar refractivity (Wildman–Crippen MR) is 24.8 cm³/mol. The van der Waals surface area contributed by atoms with E-state index in [1.54, 1.807) is 4.90 Å². The van der Waals surface area contributed by atoms with E-state index in [1.807, 2.05) is 14.1 Å². The van der Waals surface area contributed by atoms with E-state index in [2.05, 4.69) is 7.05 Å². The Bertz CT molecular complexity index is 15.5. The first kappa shape index (κ1) is 15.7. The first-order valence-electron chi connectivity index (χ1n) is 1.21. The summed E-state index contributed by atoms with van der Waals surface area (Å²) in [6.07, 6.45) is 0. The molecule has 0 saturated heterocycles. The molecule has 3 heteroatoms. The third kappa shape index (κ3) is 78.3. The van der Waals surface area contributed by atoms with Crippen LogP contribution in [0.4, 0.5) is 0 Å². The maximum absolute atomic E-state index is 3.47. The largest absolute Gasteiger partial charge is 2.00 e. The van der Waals surface area contributed by atoms with E-state index in [9.17, 15) is 0 Å². The third-order valence-electron chi connectivity index (χ3n) is 0. The number of halogens is 1. The van der Waals surface area contributed by atoms with E-state index in [0.29, 0.717) is 0 Å². The molecule has 0 aromatic heterocycles. The topological polar surface area (TPSA) is 3.24 Å². The Balaban J connectivity index is -0.0000000450. The Morgan fingerprint density at radius 3 is 1.33 bits per heavy atom. The number of hydrogen-bond acceptors (Lipinski definition) is 1. The Morgan fingerprint density at radius 2 is 1.33 bits per heavy atom. The van der Waals surface area contributed by atoms with Gasteiger partial charge >= 0.3 is 23.1 Å². The minimum atomic E-state index is 0. The fraction of sp³-hybridized carbons (Fsp3) is 0.667. The number of nitrogens with zero attached hydrogens (tertiary/aromatic N) is 1. The monoisotopic (exact) mass is 117 g/mol. The minimum absolute atomic E-state index is 0. The van der Waals surface area contributed by atoms with Crippen LogP contribution in [0.25, 0.3) is 0 Å². The van der Waals surface area contributed by atoms with E-state index >= 15 is 0 Å². The fourth-order valence-corrected chi connectivity index (χ4v) is 0. The van der Waals surface area contributed by atoms with Crippen LogP contribution in [0.2, 0.25) is 0 Å². The van der Waals surface area contributed by atoms with Crippen LogP contribution in [0.1, 0.15) is 0 Å². The van der Waals surface area contributed by atoms with Gasteiger partial charge in [-0.25, -0.2) is 0 Å². The molecule has 0 fully saturated rings. The molecule has 6 heavy (non-hydrogen) atoms. The Hall–Kier alpha value is 1.02. The van der Waals surface area contributed by atoms with Gasteiger partial charge in [0, 0.05) is 0 Å². The van der Waals surface area contributed by atoms with Gasteiger partial charge in [-0.15, -0.1) is 0 Å². The molecule has 1 nitrogen and oxygen atoms in total. The normalized spacial score (nSPS) is 6.00. The van der Waals surface area contributed by atoms with E-state index in [4.69, 9.17) is 0 Å². The fourth-order valence-electron chi connectivity index (χ4n) is 0. The first-order chi connectivity index (χ1) is 1.73. The summed E-state index contributed by atoms with van der Waals surface area (Å²) < 4.78 is 0. The van der Waals surface area contributed by atoms with Gasteiger partial charge in [0.25, 0.3) is 0 Å². The van der Waals surface area contributed by atoms with Crippen LogP contribution in [0, 0.1) is 7.05 Å². The molecule has 0 aromatic carbocycles. The molecular formula is C3H8ClMgN. The molecule has 0 aliphatic rings. The molecule has 0 aliphatic heterocycles. The van der Waals surface area contributed by atoms with Crippen LogP contribution >= 0.6 is 0 Å². The zero-order valence-electron chi connectivity index (χ0n) is 4.24. The molecule has 0 atom stereocenters. The molecule has 0 heterocycles. The van der Waals surface area contributed by atoms with Crippen molar-refractivity contribution in [3.05, 3.63) is 7.05 Å². The van der Waals surface area contributed by atoms with Gasteiger partial charge in [-0.3, -0.25) is 7.05 Å². The van der Waals surface area contributed by atoms with Crippen molar-refractivity contribution < 1.29 is 12.4 Å². The second-order valence-corrected chi connectivity index (χ2v) is 1.08. The molecule has 0 radical (unpaired) electrons. The Kier molecular flexibility index (Phi) is 24.6. The first-order valence-corrected chi connectivity index (χ1v) is 1.21. The van der Waals surface area contributed by atoms with Crippen molar-refractivity contribution in [1.29, 1.82) is 0 Å². The van der Waals surface area contributed by atoms with Crippen LogP contribution in [0.5, 0.6) is 0 Å². The van der Waals surface area contributed by atoms with Crippen LogP contribution in [0.15, 0.2) is 0 Å². The molecule has 0 rings (SSSR count). The molecule has 34 valence electrons. The van der Waals surface area contributed by atoms with Crippen molar-refractivity contribution in [2.24, 2.45) is 0 Å². The summed E-state index contributed by atoms with van der Waals surface area (Å²) in [6, 6.07) is 0. The summed E-state index contributed by atoms with van der Waals surface area (Å²) >= 11 is 0. The van der Waals surface area contributed by atoms with Crippen LogP contribution in [-0.4, -0.2) is 42.0 Å². The predicted octanol–water partition coefficient (Wildman–Crippen LogP) is -3.04. The van der Waals surface area contributed by atoms with Gasteiger partial charge in [0.1, 0.15) is 0 Å². The van der Waals surface area contributed by atoms with Crippen molar-refractivity contribution in [2.45, 2.75) is 0 Å². The molecule has 0 bridgehead atoms. The zero-order valence-corrected chi connectivity index (χ0v) is 6.41. The number of rotatable bonds is 0. The molecule has 0 spiro atoms. The van der Waals surface area contributed by atoms with Crippen LogP contribution in [-0.2, 0) is 0 Å². The Morgan fingerprint density at radius 1 is 1.33 bits per heavy atom. The van der Waals surface area contributed by atoms with E-state index in [-0.39, 0.29) is 35.5 Å². The third-order valence-corrected chi connectivity index (χ3v) is 0. The van der Waals surface area contributed by atoms with Gasteiger partial charge in [0.2, 0.25) is 0 Å². The summed E-state index contributed by atoms with van der Waals surface area (Å²) in [5.41, 5.74) is 0. The summed E-state index contributed by atoms with van der Waals surface area (Å²) in [6.45, 7) is 0. The molecule has 0 saturated carbocycles. The summed E-state index contributed by atoms with van der Waals surface area (Å²) in [4.78, 5) is 1.75. The van der Waals surface area contributed by atoms with Gasteiger partial charge in [0.05, 0.1) is 0 Å². The molecule has 0 aliphatic carbocycles. The molecular weight excluding hydrogens is 110 g/mol. The van der Waals surface area contributed by atoms with Gasteiger partial charge in [-0.05, 0) is 14.1 Å². The van der Waals surface area contributed by atoms with E-state index < -0.39 is 0 Å². The van der Waals surface area contributed by atoms with E-state index in [1.165, 1.54) is 0 Å². The standard InChI is InChI=1S/C3H8N.ClH.Mg/c1-4(2)3;;/h1H2,2-3H3;1H;/q-1;;+2/p-1. The maximum Gasteiger partial charge on any atom is 2.00 e. The van der Waals surface area contributed by atoms with Gasteiger partial charge in [-0.1, -0.05) is 0 Å². The quantitative estimate of drug-likeness (QED) is 0.241. The van der Waals surface area contributed by atoms with Crippen molar-refractivity contribution in [1.82, 2.24) is 4.90 Å². The molecule has 0 amide bonds. The smallest absolute Gasteiger partial charge is 1.00 e. The molecule has 0 aromatic rings. The van der Waals surface area contributed by atoms with Crippen LogP contribution in [0.3, 0.4) is 0 Å². The molecule has 0 N–H and O–H groups in total. The van der Waals surface area contributed by atoms with Crippen molar-refractivity contribution in [3.63, 3.8) is 0 Å². The summed E-state index contributed by atoms with van der Waals surface area (Å²) in [5.74, 6) is 0. The average molecular weight is 118 g/mol. The van der Waals surface area contributed by atoms with Gasteiger partial charge in [0.15, 0.2) is 0 Å². The van der Waals surface area contributed by atoms with E-state index in [0.717, 1.165) is 0 Å². The van der Waals surface area contributed by atoms with Gasteiger partial charge in [-0.2, -0.15) is 0 Å². The van der Waals surface area contributed by atoms with Crippen molar-refractivity contribution in [2.75, 3.05) is 14.1 Å². The number of hydrogen-bond donors (Lipinski definition) is 0. The second-order valence-electron chi connectivity index (χ2n) is 1.08. The minimum Gasteiger partial charge on any atom is -1.00 e. The zero-order chi connectivity index (χ0) is 3.58. The average Bonchev–Trinajstić information content (AvgIpc) is 0.811. The SMILES string of the molecule is [CH2-]N(C)C.[Cl-].[Mg+2]. The summed E-state index contributed by atoms with van der Waals surface area (Å²) in [7, 11) is 7.25. The molecule has 0 unspecified atom stereocenters. The maximum atomic E-state index is 3.47. The van der Waals surface area contributed by atoms with Gasteiger partial charge < -0.3 is 17.3 Å². The Labute approximate surface area is 61.7 Å².